The topological polar surface area (TPSA) is 90.1 Å². The SMILES string of the molecule is CC(=NNC(=S)N1CCCc2cc(C(=O)O)ccc21)c1c(O)n(-c2ccc(C)cc2)c2ccccc12. The van der Waals surface area contributed by atoms with Crippen molar-refractivity contribution in [3.8, 4) is 11.6 Å². The first-order valence-electron chi connectivity index (χ1n) is 11.7. The average molecular weight is 499 g/mol. The molecule has 1 aromatic heterocycles. The maximum absolute atomic E-state index is 11.4. The standard InChI is InChI=1S/C28H26N4O3S/c1-17-9-12-21(13-10-17)32-24-8-4-3-7-22(24)25(26(32)33)18(2)29-30-28(36)31-15-5-6-19-16-20(27(34)35)11-14-23(19)31/h3-4,7-14,16,33H,5-6,15H2,1-2H3,(H,30,36)(H,34,35). The van der Waals surface area contributed by atoms with Gasteiger partial charge in [-0.1, -0.05) is 35.9 Å². The Balaban J connectivity index is 1.46. The molecule has 0 bridgehead atoms. The van der Waals surface area contributed by atoms with Crippen molar-refractivity contribution in [1.82, 2.24) is 9.99 Å². The van der Waals surface area contributed by atoms with Crippen molar-refractivity contribution in [2.45, 2.75) is 26.7 Å². The molecule has 4 aromatic rings. The van der Waals surface area contributed by atoms with E-state index in [-0.39, 0.29) is 11.4 Å². The Kier molecular flexibility index (Phi) is 6.20. The Hall–Kier alpha value is -4.17. The number of hydrogen-bond acceptors (Lipinski definition) is 4. The number of nitrogens with zero attached hydrogens (tertiary/aromatic N) is 3. The maximum atomic E-state index is 11.4. The highest BCUT2D eigenvalue weighted by Crippen LogP contribution is 2.35. The third-order valence-corrected chi connectivity index (χ3v) is 6.82. The molecule has 3 aromatic carbocycles. The molecule has 0 saturated heterocycles. The second kappa shape index (κ2) is 9.47. The predicted octanol–water partition coefficient (Wildman–Crippen LogP) is 5.39. The van der Waals surface area contributed by atoms with Gasteiger partial charge in [0.05, 0.1) is 22.4 Å². The number of para-hydroxylation sites is 1. The van der Waals surface area contributed by atoms with E-state index >= 15 is 0 Å². The molecule has 0 radical (unpaired) electrons. The fraction of sp³-hybridized carbons (Fsp3) is 0.179. The van der Waals surface area contributed by atoms with Gasteiger partial charge in [0, 0.05) is 23.3 Å². The summed E-state index contributed by atoms with van der Waals surface area (Å²) >= 11 is 5.65. The quantitative estimate of drug-likeness (QED) is 0.198. The number of rotatable bonds is 4. The van der Waals surface area contributed by atoms with Gasteiger partial charge in [-0.25, -0.2) is 4.79 Å². The smallest absolute Gasteiger partial charge is 0.335 e. The second-order valence-corrected chi connectivity index (χ2v) is 9.29. The van der Waals surface area contributed by atoms with E-state index in [0.717, 1.165) is 46.2 Å². The van der Waals surface area contributed by atoms with E-state index in [4.69, 9.17) is 12.2 Å². The van der Waals surface area contributed by atoms with Crippen molar-refractivity contribution in [2.75, 3.05) is 11.4 Å². The molecule has 0 amide bonds. The third kappa shape index (κ3) is 4.20. The number of anilines is 1. The van der Waals surface area contributed by atoms with E-state index in [1.165, 1.54) is 0 Å². The van der Waals surface area contributed by atoms with Gasteiger partial charge in [0.1, 0.15) is 0 Å². The Morgan fingerprint density at radius 3 is 2.58 bits per heavy atom. The van der Waals surface area contributed by atoms with Crippen molar-refractivity contribution < 1.29 is 15.0 Å². The number of hydrazone groups is 1. The van der Waals surface area contributed by atoms with Crippen LogP contribution in [0.4, 0.5) is 5.69 Å². The number of carboxylic acids is 1. The van der Waals surface area contributed by atoms with Crippen LogP contribution in [0.2, 0.25) is 0 Å². The minimum atomic E-state index is -0.944. The van der Waals surface area contributed by atoms with Crippen LogP contribution in [0.1, 0.15) is 40.4 Å². The molecular formula is C28H26N4O3S. The number of hydrogen-bond donors (Lipinski definition) is 3. The molecule has 36 heavy (non-hydrogen) atoms. The lowest BCUT2D eigenvalue weighted by Crippen LogP contribution is -2.41. The summed E-state index contributed by atoms with van der Waals surface area (Å²) < 4.78 is 1.82. The minimum Gasteiger partial charge on any atom is -0.494 e. The summed E-state index contributed by atoms with van der Waals surface area (Å²) in [6, 6.07) is 20.9. The summed E-state index contributed by atoms with van der Waals surface area (Å²) in [6.45, 7) is 4.57. The summed E-state index contributed by atoms with van der Waals surface area (Å²) in [7, 11) is 0. The van der Waals surface area contributed by atoms with Gasteiger partial charge in [0.15, 0.2) is 5.11 Å². The molecule has 182 valence electrons. The van der Waals surface area contributed by atoms with Gasteiger partial charge < -0.3 is 15.1 Å². The predicted molar refractivity (Wildman–Crippen MR) is 147 cm³/mol. The third-order valence-electron chi connectivity index (χ3n) is 6.51. The number of aromatic carboxylic acids is 1. The van der Waals surface area contributed by atoms with Crippen LogP contribution in [-0.2, 0) is 6.42 Å². The van der Waals surface area contributed by atoms with Gasteiger partial charge in [-0.3, -0.25) is 9.99 Å². The molecule has 3 N–H and O–H groups in total. The lowest BCUT2D eigenvalue weighted by molar-refractivity contribution is 0.0696. The van der Waals surface area contributed by atoms with Gasteiger partial charge in [0.25, 0.3) is 0 Å². The fourth-order valence-electron chi connectivity index (χ4n) is 4.73. The van der Waals surface area contributed by atoms with Crippen LogP contribution in [-0.4, -0.2) is 38.1 Å². The molecule has 8 heteroatoms. The van der Waals surface area contributed by atoms with E-state index in [1.807, 2.05) is 71.8 Å². The first kappa shape index (κ1) is 23.6. The second-order valence-electron chi connectivity index (χ2n) is 8.90. The van der Waals surface area contributed by atoms with E-state index in [2.05, 4.69) is 10.5 Å². The minimum absolute atomic E-state index is 0.110. The van der Waals surface area contributed by atoms with E-state index in [0.29, 0.717) is 22.9 Å². The van der Waals surface area contributed by atoms with Gasteiger partial charge in [-0.2, -0.15) is 5.10 Å². The van der Waals surface area contributed by atoms with Crippen LogP contribution in [0.5, 0.6) is 5.88 Å². The van der Waals surface area contributed by atoms with E-state index < -0.39 is 5.97 Å². The number of aromatic nitrogens is 1. The van der Waals surface area contributed by atoms with Crippen LogP contribution in [0.3, 0.4) is 0 Å². The highest BCUT2D eigenvalue weighted by molar-refractivity contribution is 7.80. The van der Waals surface area contributed by atoms with Crippen molar-refractivity contribution in [3.05, 3.63) is 89.0 Å². The summed E-state index contributed by atoms with van der Waals surface area (Å²) in [5.74, 6) is -0.834. The lowest BCUT2D eigenvalue weighted by Gasteiger charge is -2.31. The van der Waals surface area contributed by atoms with Gasteiger partial charge in [-0.15, -0.1) is 0 Å². The van der Waals surface area contributed by atoms with E-state index in [9.17, 15) is 15.0 Å². The Morgan fingerprint density at radius 1 is 1.08 bits per heavy atom. The van der Waals surface area contributed by atoms with Crippen LogP contribution >= 0.6 is 12.2 Å². The number of thiocarbonyl (C=S) groups is 1. The molecule has 0 unspecified atom stereocenters. The zero-order chi connectivity index (χ0) is 25.4. The largest absolute Gasteiger partial charge is 0.494 e. The Bertz CT molecular complexity index is 1520. The number of carbonyl (C=O) groups is 1. The number of aryl methyl sites for hydroxylation is 2. The Labute approximate surface area is 214 Å². The summed E-state index contributed by atoms with van der Waals surface area (Å²) in [5.41, 5.74) is 9.20. The van der Waals surface area contributed by atoms with Gasteiger partial charge in [0.2, 0.25) is 5.88 Å². The van der Waals surface area contributed by atoms with Crippen molar-refractivity contribution in [1.29, 1.82) is 0 Å². The van der Waals surface area contributed by atoms with Crippen molar-refractivity contribution in [2.24, 2.45) is 5.10 Å². The number of benzene rings is 3. The zero-order valence-corrected chi connectivity index (χ0v) is 20.8. The Morgan fingerprint density at radius 2 is 1.83 bits per heavy atom. The summed E-state index contributed by atoms with van der Waals surface area (Å²) in [4.78, 5) is 13.3. The van der Waals surface area contributed by atoms with Gasteiger partial charge in [-0.05, 0) is 80.9 Å². The highest BCUT2D eigenvalue weighted by atomic mass is 32.1. The molecule has 0 aliphatic carbocycles. The summed E-state index contributed by atoms with van der Waals surface area (Å²) in [5, 5.41) is 26.4. The van der Waals surface area contributed by atoms with Crippen molar-refractivity contribution >= 4 is 45.6 Å². The number of aromatic hydroxyl groups is 1. The van der Waals surface area contributed by atoms with E-state index in [1.54, 1.807) is 18.2 Å². The molecule has 2 heterocycles. The fourth-order valence-corrected chi connectivity index (χ4v) is 4.96. The van der Waals surface area contributed by atoms with Crippen LogP contribution in [0.15, 0.2) is 71.8 Å². The highest BCUT2D eigenvalue weighted by Gasteiger charge is 2.23. The van der Waals surface area contributed by atoms with Crippen LogP contribution in [0, 0.1) is 6.92 Å². The molecule has 0 fully saturated rings. The zero-order valence-electron chi connectivity index (χ0n) is 20.0. The number of carboxylic acid groups (broad SMARTS) is 1. The monoisotopic (exact) mass is 498 g/mol. The maximum Gasteiger partial charge on any atom is 0.335 e. The molecule has 1 aliphatic heterocycles. The number of fused-ring (bicyclic) bond motifs is 2. The molecule has 1 aliphatic rings. The summed E-state index contributed by atoms with van der Waals surface area (Å²) in [6.07, 6.45) is 1.65. The van der Waals surface area contributed by atoms with Crippen molar-refractivity contribution in [3.63, 3.8) is 0 Å². The first-order chi connectivity index (χ1) is 17.3. The normalized spacial score (nSPS) is 13.5. The molecule has 0 spiro atoms. The number of nitrogens with one attached hydrogen (secondary N) is 1. The lowest BCUT2D eigenvalue weighted by atomic mass is 9.99. The van der Waals surface area contributed by atoms with Crippen LogP contribution in [0.25, 0.3) is 16.6 Å². The molecule has 0 atom stereocenters. The average Bonchev–Trinajstić information content (AvgIpc) is 3.18. The first-order valence-corrected chi connectivity index (χ1v) is 12.1. The van der Waals surface area contributed by atoms with Gasteiger partial charge >= 0.3 is 5.97 Å². The molecule has 7 nitrogen and oxygen atoms in total. The molecule has 0 saturated carbocycles. The van der Waals surface area contributed by atoms with Crippen LogP contribution < -0.4 is 10.3 Å². The molecule has 5 rings (SSSR count). The molecular weight excluding hydrogens is 472 g/mol.